The highest BCUT2D eigenvalue weighted by Gasteiger charge is 2.45. The van der Waals surface area contributed by atoms with Crippen LogP contribution in [0.2, 0.25) is 0 Å². The Morgan fingerprint density at radius 2 is 1.91 bits per heavy atom. The van der Waals surface area contributed by atoms with E-state index in [1.54, 1.807) is 0 Å². The van der Waals surface area contributed by atoms with E-state index in [0.717, 1.165) is 10.8 Å². The van der Waals surface area contributed by atoms with Gasteiger partial charge in [0.25, 0.3) is 11.5 Å². The van der Waals surface area contributed by atoms with Crippen molar-refractivity contribution in [2.45, 2.75) is 82.5 Å². The zero-order valence-corrected chi connectivity index (χ0v) is 18.7. The summed E-state index contributed by atoms with van der Waals surface area (Å²) in [4.78, 5) is 38.8. The zero-order valence-electron chi connectivity index (χ0n) is 18.7. The number of hydrogen-bond donors (Lipinski definition) is 5. The average molecular weight is 456 g/mol. The first-order valence-electron chi connectivity index (χ1n) is 10.6. The molecule has 3 rings (SSSR count). The summed E-state index contributed by atoms with van der Waals surface area (Å²) < 4.78 is 11.8. The third kappa shape index (κ3) is 5.04. The van der Waals surface area contributed by atoms with Gasteiger partial charge in [-0.3, -0.25) is 19.1 Å². The van der Waals surface area contributed by atoms with E-state index < -0.39 is 59.9 Å². The number of aromatic nitrogens is 2. The van der Waals surface area contributed by atoms with Crippen molar-refractivity contribution < 1.29 is 29.7 Å². The van der Waals surface area contributed by atoms with E-state index >= 15 is 0 Å². The van der Waals surface area contributed by atoms with Crippen molar-refractivity contribution in [3.63, 3.8) is 0 Å². The van der Waals surface area contributed by atoms with E-state index in [1.165, 1.54) is 5.06 Å². The largest absolute Gasteiger partial charge is 0.477 e. The van der Waals surface area contributed by atoms with Crippen LogP contribution in [-0.4, -0.2) is 78.5 Å². The van der Waals surface area contributed by atoms with Crippen LogP contribution in [0.1, 0.15) is 53.2 Å². The summed E-state index contributed by atoms with van der Waals surface area (Å²) in [5, 5.41) is 33.7. The maximum atomic E-state index is 12.5. The lowest BCUT2D eigenvalue weighted by atomic mass is 9.79. The van der Waals surface area contributed by atoms with Crippen LogP contribution in [-0.2, 0) is 9.53 Å². The molecule has 0 unspecified atom stereocenters. The Morgan fingerprint density at radius 1 is 1.28 bits per heavy atom. The van der Waals surface area contributed by atoms with E-state index in [2.05, 4.69) is 10.3 Å². The second kappa shape index (κ2) is 8.94. The molecule has 0 radical (unpaired) electrons. The van der Waals surface area contributed by atoms with E-state index in [1.807, 2.05) is 27.7 Å². The normalized spacial score (nSPS) is 27.9. The molecule has 180 valence electrons. The summed E-state index contributed by atoms with van der Waals surface area (Å²) in [6.07, 6.45) is -0.468. The maximum absolute atomic E-state index is 12.5. The number of aliphatic hydroxyl groups excluding tert-OH is 2. The van der Waals surface area contributed by atoms with Gasteiger partial charge in [0, 0.05) is 23.5 Å². The molecule has 2 aliphatic rings. The fraction of sp³-hybridized carbons (Fsp3) is 0.750. The smallest absolute Gasteiger partial charge is 0.330 e. The highest BCUT2D eigenvalue weighted by Crippen LogP contribution is 2.36. The van der Waals surface area contributed by atoms with E-state index in [4.69, 9.17) is 9.47 Å². The van der Waals surface area contributed by atoms with Gasteiger partial charge in [-0.15, -0.1) is 0 Å². The Hall–Kier alpha value is -2.25. The Morgan fingerprint density at radius 3 is 2.47 bits per heavy atom. The minimum atomic E-state index is -0.960. The first kappa shape index (κ1) is 24.4. The number of piperidine rings is 1. The summed E-state index contributed by atoms with van der Waals surface area (Å²) in [6.45, 7) is 6.67. The SMILES string of the molecule is CC1(C)CC(NC(=O)COc2cn([C@@H]3C[C@H](O)[C@@H](CO)O3)c(=O)[nH]c2=O)CC(C)(C)N1O. The molecule has 0 aliphatic carbocycles. The first-order valence-corrected chi connectivity index (χ1v) is 10.6. The van der Waals surface area contributed by atoms with Gasteiger partial charge >= 0.3 is 5.69 Å². The minimum absolute atomic E-state index is 0.0478. The molecule has 2 aliphatic heterocycles. The van der Waals surface area contributed by atoms with Gasteiger partial charge in [0.1, 0.15) is 12.3 Å². The average Bonchev–Trinajstić information content (AvgIpc) is 3.05. The maximum Gasteiger partial charge on any atom is 0.330 e. The van der Waals surface area contributed by atoms with E-state index in [9.17, 15) is 29.8 Å². The third-order valence-corrected chi connectivity index (χ3v) is 5.99. The molecule has 0 saturated carbocycles. The second-order valence-corrected chi connectivity index (χ2v) is 9.67. The van der Waals surface area contributed by atoms with Crippen LogP contribution in [0.4, 0.5) is 0 Å². The number of H-pyrrole nitrogens is 1. The number of nitrogens with one attached hydrogen (secondary N) is 2. The number of carbonyl (C=O) groups is 1. The number of hydrogen-bond acceptors (Lipinski definition) is 9. The second-order valence-electron chi connectivity index (χ2n) is 9.67. The molecule has 12 nitrogen and oxygen atoms in total. The molecule has 3 heterocycles. The summed E-state index contributed by atoms with van der Waals surface area (Å²) in [5.41, 5.74) is -2.63. The monoisotopic (exact) mass is 456 g/mol. The van der Waals surface area contributed by atoms with Gasteiger partial charge in [-0.25, -0.2) is 4.79 Å². The number of rotatable bonds is 6. The van der Waals surface area contributed by atoms with Crippen LogP contribution in [0.25, 0.3) is 0 Å². The Bertz CT molecular complexity index is 938. The highest BCUT2D eigenvalue weighted by atomic mass is 16.5. The zero-order chi connectivity index (χ0) is 23.8. The molecule has 1 aromatic heterocycles. The number of nitrogens with zero attached hydrogens (tertiary/aromatic N) is 2. The molecule has 3 atom stereocenters. The number of carbonyl (C=O) groups excluding carboxylic acids is 1. The van der Waals surface area contributed by atoms with Crippen LogP contribution < -0.4 is 21.3 Å². The molecule has 0 bridgehead atoms. The van der Waals surface area contributed by atoms with Crippen molar-refractivity contribution in [3.05, 3.63) is 27.0 Å². The molecule has 2 saturated heterocycles. The Kier molecular flexibility index (Phi) is 6.82. The number of aliphatic hydroxyl groups is 2. The molecule has 5 N–H and O–H groups in total. The Labute approximate surface area is 184 Å². The van der Waals surface area contributed by atoms with Crippen LogP contribution in [0.15, 0.2) is 15.8 Å². The van der Waals surface area contributed by atoms with Crippen molar-refractivity contribution >= 4 is 5.91 Å². The van der Waals surface area contributed by atoms with Crippen LogP contribution in [0.3, 0.4) is 0 Å². The van der Waals surface area contributed by atoms with Crippen molar-refractivity contribution in [2.24, 2.45) is 0 Å². The molecule has 12 heteroatoms. The molecule has 1 aromatic rings. The van der Waals surface area contributed by atoms with Crippen LogP contribution in [0, 0.1) is 0 Å². The molecule has 0 spiro atoms. The van der Waals surface area contributed by atoms with Gasteiger partial charge in [0.15, 0.2) is 6.61 Å². The number of aromatic amines is 1. The van der Waals surface area contributed by atoms with Gasteiger partial charge in [-0.1, -0.05) is 0 Å². The van der Waals surface area contributed by atoms with Gasteiger partial charge in [0.2, 0.25) is 5.75 Å². The standard InChI is InChI=1S/C20H32N4O8/c1-19(2)6-11(7-20(3,4)24(19)30)21-15(27)10-31-13-8-23(18(29)22-17(13)28)16-5-12(26)14(9-25)32-16/h8,11-12,14,16,25-26,30H,5-7,9-10H2,1-4H3,(H,21,27)(H,22,28,29)/t12-,14+,16-/m0/s1. The fourth-order valence-electron chi connectivity index (χ4n) is 4.62. The molecule has 1 amide bonds. The van der Waals surface area contributed by atoms with Gasteiger partial charge in [-0.05, 0) is 40.5 Å². The van der Waals surface area contributed by atoms with Gasteiger partial charge < -0.3 is 30.2 Å². The van der Waals surface area contributed by atoms with Crippen LogP contribution >= 0.6 is 0 Å². The lowest BCUT2D eigenvalue weighted by Crippen LogP contribution is -2.63. The van der Waals surface area contributed by atoms with Crippen LogP contribution in [0.5, 0.6) is 5.75 Å². The highest BCUT2D eigenvalue weighted by molar-refractivity contribution is 5.77. The third-order valence-electron chi connectivity index (χ3n) is 5.99. The predicted octanol–water partition coefficient (Wildman–Crippen LogP) is -0.917. The molecular weight excluding hydrogens is 424 g/mol. The number of ether oxygens (including phenoxy) is 2. The quantitative estimate of drug-likeness (QED) is 0.364. The summed E-state index contributed by atoms with van der Waals surface area (Å²) >= 11 is 0. The van der Waals surface area contributed by atoms with Gasteiger partial charge in [-0.2, -0.15) is 5.06 Å². The van der Waals surface area contributed by atoms with Crippen molar-refractivity contribution in [2.75, 3.05) is 13.2 Å². The summed E-state index contributed by atoms with van der Waals surface area (Å²) in [6, 6.07) is -0.199. The molecule has 32 heavy (non-hydrogen) atoms. The minimum Gasteiger partial charge on any atom is -0.477 e. The van der Waals surface area contributed by atoms with Crippen molar-refractivity contribution in [3.8, 4) is 5.75 Å². The molecule has 2 fully saturated rings. The predicted molar refractivity (Wildman–Crippen MR) is 111 cm³/mol. The van der Waals surface area contributed by atoms with E-state index in [-0.39, 0.29) is 18.2 Å². The molecular formula is C20H32N4O8. The van der Waals surface area contributed by atoms with Gasteiger partial charge in [0.05, 0.1) is 18.9 Å². The Balaban J connectivity index is 1.65. The van der Waals surface area contributed by atoms with Crippen molar-refractivity contribution in [1.29, 1.82) is 0 Å². The summed E-state index contributed by atoms with van der Waals surface area (Å²) in [5.74, 6) is -0.700. The number of amides is 1. The lowest BCUT2D eigenvalue weighted by molar-refractivity contribution is -0.246. The van der Waals surface area contributed by atoms with E-state index in [0.29, 0.717) is 12.8 Å². The first-order chi connectivity index (χ1) is 14.8. The topological polar surface area (TPSA) is 166 Å². The molecule has 0 aromatic carbocycles. The summed E-state index contributed by atoms with van der Waals surface area (Å²) in [7, 11) is 0. The lowest BCUT2D eigenvalue weighted by Gasteiger charge is -2.51. The van der Waals surface area contributed by atoms with Crippen molar-refractivity contribution in [1.82, 2.24) is 19.9 Å². The fourth-order valence-corrected chi connectivity index (χ4v) is 4.62. The number of hydroxylamine groups is 2.